The molecule has 160 valence electrons. The lowest BCUT2D eigenvalue weighted by Crippen LogP contribution is -2.51. The molecule has 4 nitrogen and oxygen atoms in total. The third-order valence-corrected chi connectivity index (χ3v) is 6.62. The van der Waals surface area contributed by atoms with Crippen molar-refractivity contribution in [1.82, 2.24) is 9.80 Å². The topological polar surface area (TPSA) is 32.8 Å². The first-order chi connectivity index (χ1) is 15.1. The standard InChI is InChI=1S/C25H24Br2N2O2/c26-21-11-12-23(22(27)17-21)31-18-24(30)28-13-15-29(16-14-28)25(19-7-3-1-4-8-19)20-9-5-2-6-10-20/h1-12,17,25H,13-16,18H2. The molecule has 3 aromatic carbocycles. The van der Waals surface area contributed by atoms with E-state index in [9.17, 15) is 4.79 Å². The van der Waals surface area contributed by atoms with Crippen LogP contribution in [0.15, 0.2) is 87.8 Å². The van der Waals surface area contributed by atoms with Crippen LogP contribution in [-0.4, -0.2) is 48.5 Å². The summed E-state index contributed by atoms with van der Waals surface area (Å²) in [5.41, 5.74) is 2.55. The van der Waals surface area contributed by atoms with E-state index < -0.39 is 0 Å². The van der Waals surface area contributed by atoms with Crippen LogP contribution in [-0.2, 0) is 4.79 Å². The number of nitrogens with zero attached hydrogens (tertiary/aromatic N) is 2. The maximum atomic E-state index is 12.7. The van der Waals surface area contributed by atoms with Gasteiger partial charge in [0.25, 0.3) is 5.91 Å². The number of rotatable bonds is 6. The van der Waals surface area contributed by atoms with Crippen LogP contribution in [0, 0.1) is 0 Å². The van der Waals surface area contributed by atoms with E-state index in [0.717, 1.165) is 22.0 Å². The number of amides is 1. The first kappa shape index (κ1) is 22.1. The van der Waals surface area contributed by atoms with Crippen LogP contribution >= 0.6 is 31.9 Å². The molecule has 4 rings (SSSR count). The third-order valence-electron chi connectivity index (χ3n) is 5.51. The van der Waals surface area contributed by atoms with Gasteiger partial charge in [0.05, 0.1) is 10.5 Å². The van der Waals surface area contributed by atoms with Crippen LogP contribution in [0.3, 0.4) is 0 Å². The molecule has 0 aromatic heterocycles. The SMILES string of the molecule is O=C(COc1ccc(Br)cc1Br)N1CCN(C(c2ccccc2)c2ccccc2)CC1. The molecule has 1 amide bonds. The number of hydrogen-bond acceptors (Lipinski definition) is 3. The fourth-order valence-electron chi connectivity index (χ4n) is 3.94. The number of ether oxygens (including phenoxy) is 1. The molecule has 6 heteroatoms. The normalized spacial score (nSPS) is 14.6. The molecule has 31 heavy (non-hydrogen) atoms. The Hall–Kier alpha value is -2.15. The predicted octanol–water partition coefficient (Wildman–Crippen LogP) is 5.52. The molecule has 1 saturated heterocycles. The zero-order chi connectivity index (χ0) is 21.6. The van der Waals surface area contributed by atoms with Crippen LogP contribution in [0.25, 0.3) is 0 Å². The molecule has 0 saturated carbocycles. The van der Waals surface area contributed by atoms with Crippen molar-refractivity contribution in [1.29, 1.82) is 0 Å². The van der Waals surface area contributed by atoms with Gasteiger partial charge >= 0.3 is 0 Å². The van der Waals surface area contributed by atoms with Gasteiger partial charge in [-0.3, -0.25) is 9.69 Å². The lowest BCUT2D eigenvalue weighted by atomic mass is 9.96. The Morgan fingerprint density at radius 1 is 0.839 bits per heavy atom. The van der Waals surface area contributed by atoms with Gasteiger partial charge < -0.3 is 9.64 Å². The van der Waals surface area contributed by atoms with Crippen molar-refractivity contribution in [3.8, 4) is 5.75 Å². The highest BCUT2D eigenvalue weighted by molar-refractivity contribution is 9.11. The molecule has 0 spiro atoms. The first-order valence-electron chi connectivity index (χ1n) is 10.3. The molecule has 0 unspecified atom stereocenters. The highest BCUT2D eigenvalue weighted by atomic mass is 79.9. The molecule has 1 heterocycles. The zero-order valence-electron chi connectivity index (χ0n) is 17.1. The van der Waals surface area contributed by atoms with E-state index in [4.69, 9.17) is 4.74 Å². The van der Waals surface area contributed by atoms with Crippen molar-refractivity contribution in [2.24, 2.45) is 0 Å². The molecular weight excluding hydrogens is 520 g/mol. The molecule has 0 bridgehead atoms. The van der Waals surface area contributed by atoms with E-state index in [1.54, 1.807) is 0 Å². The van der Waals surface area contributed by atoms with Gasteiger partial charge in [-0.25, -0.2) is 0 Å². The average molecular weight is 544 g/mol. The maximum Gasteiger partial charge on any atom is 0.260 e. The van der Waals surface area contributed by atoms with E-state index in [2.05, 4.69) is 85.3 Å². The maximum absolute atomic E-state index is 12.7. The minimum absolute atomic E-state index is 0.0189. The van der Waals surface area contributed by atoms with E-state index in [1.165, 1.54) is 11.1 Å². The van der Waals surface area contributed by atoms with E-state index in [1.807, 2.05) is 35.2 Å². The van der Waals surface area contributed by atoms with Crippen molar-refractivity contribution >= 4 is 37.8 Å². The van der Waals surface area contributed by atoms with Gasteiger partial charge in [0.1, 0.15) is 5.75 Å². The third kappa shape index (κ3) is 5.56. The van der Waals surface area contributed by atoms with Crippen molar-refractivity contribution < 1.29 is 9.53 Å². The fraction of sp³-hybridized carbons (Fsp3) is 0.240. The lowest BCUT2D eigenvalue weighted by Gasteiger charge is -2.39. The van der Waals surface area contributed by atoms with Gasteiger partial charge in [-0.1, -0.05) is 76.6 Å². The van der Waals surface area contributed by atoms with Crippen LogP contribution < -0.4 is 4.74 Å². The van der Waals surface area contributed by atoms with Crippen molar-refractivity contribution in [3.05, 3.63) is 98.9 Å². The molecule has 1 aliphatic rings. The quantitative estimate of drug-likeness (QED) is 0.410. The van der Waals surface area contributed by atoms with Crippen molar-refractivity contribution in [2.45, 2.75) is 6.04 Å². The Morgan fingerprint density at radius 2 is 1.42 bits per heavy atom. The molecule has 3 aromatic rings. The molecule has 1 aliphatic heterocycles. The Morgan fingerprint density at radius 3 is 1.97 bits per heavy atom. The summed E-state index contributed by atoms with van der Waals surface area (Å²) in [7, 11) is 0. The largest absolute Gasteiger partial charge is 0.483 e. The number of carbonyl (C=O) groups is 1. The fourth-order valence-corrected chi connectivity index (χ4v) is 5.10. The molecular formula is C25H24Br2N2O2. The zero-order valence-corrected chi connectivity index (χ0v) is 20.3. The number of hydrogen-bond donors (Lipinski definition) is 0. The first-order valence-corrected chi connectivity index (χ1v) is 11.9. The van der Waals surface area contributed by atoms with E-state index >= 15 is 0 Å². The van der Waals surface area contributed by atoms with Crippen LogP contribution in [0.2, 0.25) is 0 Å². The number of benzene rings is 3. The predicted molar refractivity (Wildman–Crippen MR) is 130 cm³/mol. The van der Waals surface area contributed by atoms with Crippen LogP contribution in [0.4, 0.5) is 0 Å². The molecule has 0 aliphatic carbocycles. The number of piperazine rings is 1. The second-order valence-electron chi connectivity index (χ2n) is 7.50. The van der Waals surface area contributed by atoms with Gasteiger partial charge in [-0.2, -0.15) is 0 Å². The number of halogens is 2. The summed E-state index contributed by atoms with van der Waals surface area (Å²) in [5.74, 6) is 0.689. The van der Waals surface area contributed by atoms with Crippen molar-refractivity contribution in [2.75, 3.05) is 32.8 Å². The average Bonchev–Trinajstić information content (AvgIpc) is 2.80. The number of carbonyl (C=O) groups excluding carboxylic acids is 1. The molecule has 0 N–H and O–H groups in total. The Balaban J connectivity index is 1.39. The van der Waals surface area contributed by atoms with Gasteiger partial charge in [-0.05, 0) is 45.3 Å². The second kappa shape index (κ2) is 10.4. The molecule has 0 atom stereocenters. The second-order valence-corrected chi connectivity index (χ2v) is 9.27. The monoisotopic (exact) mass is 542 g/mol. The molecule has 0 radical (unpaired) electrons. The summed E-state index contributed by atoms with van der Waals surface area (Å²) < 4.78 is 7.53. The Labute approximate surface area is 200 Å². The summed E-state index contributed by atoms with van der Waals surface area (Å²) in [5, 5.41) is 0. The summed E-state index contributed by atoms with van der Waals surface area (Å²) >= 11 is 6.90. The van der Waals surface area contributed by atoms with Crippen molar-refractivity contribution in [3.63, 3.8) is 0 Å². The van der Waals surface area contributed by atoms with Gasteiger partial charge in [0, 0.05) is 30.7 Å². The Kier molecular flexibility index (Phi) is 7.43. The summed E-state index contributed by atoms with van der Waals surface area (Å²) in [4.78, 5) is 17.1. The molecule has 1 fully saturated rings. The smallest absolute Gasteiger partial charge is 0.260 e. The van der Waals surface area contributed by atoms with Gasteiger partial charge in [0.15, 0.2) is 6.61 Å². The highest BCUT2D eigenvalue weighted by Crippen LogP contribution is 2.30. The summed E-state index contributed by atoms with van der Waals surface area (Å²) in [6.45, 7) is 3.07. The minimum atomic E-state index is 0.0189. The summed E-state index contributed by atoms with van der Waals surface area (Å²) in [6, 6.07) is 27.0. The van der Waals surface area contributed by atoms with E-state index in [0.29, 0.717) is 18.8 Å². The lowest BCUT2D eigenvalue weighted by molar-refractivity contribution is -0.135. The van der Waals surface area contributed by atoms with Gasteiger partial charge in [-0.15, -0.1) is 0 Å². The summed E-state index contributed by atoms with van der Waals surface area (Å²) in [6.07, 6.45) is 0. The van der Waals surface area contributed by atoms with Gasteiger partial charge in [0.2, 0.25) is 0 Å². The van der Waals surface area contributed by atoms with E-state index in [-0.39, 0.29) is 18.6 Å². The highest BCUT2D eigenvalue weighted by Gasteiger charge is 2.28. The Bertz CT molecular complexity index is 967. The van der Waals surface area contributed by atoms with Crippen LogP contribution in [0.5, 0.6) is 5.75 Å². The van der Waals surface area contributed by atoms with Crippen LogP contribution in [0.1, 0.15) is 17.2 Å². The minimum Gasteiger partial charge on any atom is -0.483 e.